The Kier molecular flexibility index (Phi) is 8.68. The number of aryl methyl sites for hydroxylation is 1. The van der Waals surface area contributed by atoms with Crippen LogP contribution in [0.15, 0.2) is 29.2 Å². The molecule has 4 N–H and O–H groups in total. The minimum absolute atomic E-state index is 0.0543. The van der Waals surface area contributed by atoms with Gasteiger partial charge in [-0.15, -0.1) is 0 Å². The number of carboxylic acid groups (broad SMARTS) is 1. The van der Waals surface area contributed by atoms with Gasteiger partial charge in [0, 0.05) is 45.8 Å². The Morgan fingerprint density at radius 3 is 2.57 bits per heavy atom. The van der Waals surface area contributed by atoms with Gasteiger partial charge in [-0.25, -0.2) is 4.98 Å². The summed E-state index contributed by atoms with van der Waals surface area (Å²) >= 11 is 0. The van der Waals surface area contributed by atoms with Crippen LogP contribution in [0.4, 0.5) is 0 Å². The van der Waals surface area contributed by atoms with E-state index in [0.717, 1.165) is 25.6 Å². The Morgan fingerprint density at radius 1 is 1.23 bits per heavy atom. The number of carbonyl (C=O) groups excluding carboxylic acids is 1. The van der Waals surface area contributed by atoms with Crippen molar-refractivity contribution in [2.45, 2.75) is 20.4 Å². The molecule has 4 heterocycles. The molecule has 0 spiro atoms. The van der Waals surface area contributed by atoms with Crippen molar-refractivity contribution in [3.63, 3.8) is 0 Å². The molecule has 0 saturated carbocycles. The summed E-state index contributed by atoms with van der Waals surface area (Å²) in [7, 11) is 0. The molecule has 0 atom stereocenters. The number of carbonyl (C=O) groups is 2. The lowest BCUT2D eigenvalue weighted by Gasteiger charge is -2.26. The number of hydrogen-bond donors (Lipinski definition) is 4. The Labute approximate surface area is 200 Å². The van der Waals surface area contributed by atoms with E-state index < -0.39 is 11.9 Å². The van der Waals surface area contributed by atoms with Crippen molar-refractivity contribution in [2.75, 3.05) is 46.0 Å². The molecule has 188 valence electrons. The van der Waals surface area contributed by atoms with E-state index >= 15 is 0 Å². The standard InChI is InChI=1S/C21H26N6O4.C2H4O2/c1-14-3-2-5-27-18(14)24-19-16(21(27)30)13-15(17(22)26(19)7-10-28)20(29)23-4-6-25-8-11-31-12-9-25;1-2(3)4/h2-3,5,13,22,28H,4,6-12H2,1H3,(H,23,29);1H3,(H,3,4). The van der Waals surface area contributed by atoms with Crippen LogP contribution in [0.3, 0.4) is 0 Å². The number of nitrogens with zero attached hydrogens (tertiary/aromatic N) is 4. The first kappa shape index (κ1) is 26.0. The van der Waals surface area contributed by atoms with Crippen molar-refractivity contribution in [2.24, 2.45) is 0 Å². The fourth-order valence-electron chi connectivity index (χ4n) is 3.83. The van der Waals surface area contributed by atoms with E-state index in [-0.39, 0.29) is 40.8 Å². The minimum Gasteiger partial charge on any atom is -0.481 e. The van der Waals surface area contributed by atoms with Crippen molar-refractivity contribution in [3.05, 3.63) is 51.4 Å². The average molecular weight is 487 g/mol. The van der Waals surface area contributed by atoms with Gasteiger partial charge in [0.05, 0.1) is 30.8 Å². The quantitative estimate of drug-likeness (QED) is 0.342. The maximum Gasteiger partial charge on any atom is 0.300 e. The molecule has 12 heteroatoms. The van der Waals surface area contributed by atoms with E-state index in [4.69, 9.17) is 20.0 Å². The molecule has 1 saturated heterocycles. The number of nitrogens with one attached hydrogen (secondary N) is 2. The zero-order valence-electron chi connectivity index (χ0n) is 19.8. The number of ether oxygens (including phenoxy) is 1. The molecule has 3 aromatic rings. The smallest absolute Gasteiger partial charge is 0.300 e. The van der Waals surface area contributed by atoms with Crippen molar-refractivity contribution < 1.29 is 24.5 Å². The highest BCUT2D eigenvalue weighted by molar-refractivity contribution is 5.96. The first-order valence-electron chi connectivity index (χ1n) is 11.2. The number of rotatable bonds is 6. The van der Waals surface area contributed by atoms with Gasteiger partial charge in [-0.1, -0.05) is 6.07 Å². The summed E-state index contributed by atoms with van der Waals surface area (Å²) in [6.45, 7) is 6.85. The molecule has 0 unspecified atom stereocenters. The SMILES string of the molecule is CC(=O)O.Cc1cccn2c(=O)c3cc(C(=O)NCCN4CCOCC4)c(=N)n(CCO)c3nc12. The lowest BCUT2D eigenvalue weighted by Crippen LogP contribution is -2.42. The summed E-state index contributed by atoms with van der Waals surface area (Å²) in [6.07, 6.45) is 1.63. The molecule has 3 aromatic heterocycles. The van der Waals surface area contributed by atoms with Crippen molar-refractivity contribution >= 4 is 28.6 Å². The molecule has 12 nitrogen and oxygen atoms in total. The van der Waals surface area contributed by atoms with Crippen LogP contribution >= 0.6 is 0 Å². The van der Waals surface area contributed by atoms with Gasteiger partial charge < -0.3 is 24.8 Å². The number of aliphatic hydroxyl groups excluding tert-OH is 1. The van der Waals surface area contributed by atoms with E-state index in [0.29, 0.717) is 32.0 Å². The number of aliphatic carboxylic acids is 1. The fourth-order valence-corrected chi connectivity index (χ4v) is 3.83. The summed E-state index contributed by atoms with van der Waals surface area (Å²) in [6, 6.07) is 5.04. The molecule has 0 aromatic carbocycles. The lowest BCUT2D eigenvalue weighted by atomic mass is 10.2. The Bertz CT molecular complexity index is 1340. The molecule has 1 aliphatic heterocycles. The molecule has 0 radical (unpaired) electrons. The van der Waals surface area contributed by atoms with Gasteiger partial charge in [0.15, 0.2) is 0 Å². The maximum absolute atomic E-state index is 13.1. The summed E-state index contributed by atoms with van der Waals surface area (Å²) in [4.78, 5) is 41.8. The van der Waals surface area contributed by atoms with Crippen LogP contribution in [0.2, 0.25) is 0 Å². The Morgan fingerprint density at radius 2 is 1.91 bits per heavy atom. The number of hydrogen-bond acceptors (Lipinski definition) is 8. The van der Waals surface area contributed by atoms with Gasteiger partial charge in [0.2, 0.25) is 0 Å². The van der Waals surface area contributed by atoms with Gasteiger partial charge in [-0.05, 0) is 24.6 Å². The van der Waals surface area contributed by atoms with E-state index in [2.05, 4.69) is 15.2 Å². The van der Waals surface area contributed by atoms with Crippen LogP contribution in [-0.2, 0) is 16.1 Å². The third-order valence-corrected chi connectivity index (χ3v) is 5.52. The normalized spacial score (nSPS) is 13.9. The number of amides is 1. The second-order valence-corrected chi connectivity index (χ2v) is 8.05. The zero-order chi connectivity index (χ0) is 25.5. The number of pyridine rings is 2. The summed E-state index contributed by atoms with van der Waals surface area (Å²) in [5.41, 5.74) is 1.24. The average Bonchev–Trinajstić information content (AvgIpc) is 2.82. The van der Waals surface area contributed by atoms with Crippen molar-refractivity contribution in [3.8, 4) is 0 Å². The number of morpholine rings is 1. The molecular weight excluding hydrogens is 456 g/mol. The molecule has 35 heavy (non-hydrogen) atoms. The highest BCUT2D eigenvalue weighted by atomic mass is 16.5. The highest BCUT2D eigenvalue weighted by Crippen LogP contribution is 2.12. The summed E-state index contributed by atoms with van der Waals surface area (Å²) < 4.78 is 8.18. The first-order valence-corrected chi connectivity index (χ1v) is 11.2. The molecular formula is C23H30N6O6. The van der Waals surface area contributed by atoms with Crippen LogP contribution in [0, 0.1) is 12.3 Å². The predicted octanol–water partition coefficient (Wildman–Crippen LogP) is -0.418. The minimum atomic E-state index is -0.833. The number of aromatic nitrogens is 3. The van der Waals surface area contributed by atoms with Crippen LogP contribution in [-0.4, -0.2) is 86.9 Å². The molecule has 1 amide bonds. The lowest BCUT2D eigenvalue weighted by molar-refractivity contribution is -0.134. The van der Waals surface area contributed by atoms with Gasteiger partial charge in [0.25, 0.3) is 17.4 Å². The monoisotopic (exact) mass is 486 g/mol. The van der Waals surface area contributed by atoms with Crippen LogP contribution < -0.4 is 16.4 Å². The number of fused-ring (bicyclic) bond motifs is 2. The molecule has 1 aliphatic rings. The Hall–Kier alpha value is -3.61. The third-order valence-electron chi connectivity index (χ3n) is 5.52. The largest absolute Gasteiger partial charge is 0.481 e. The Balaban J connectivity index is 0.000000795. The summed E-state index contributed by atoms with van der Waals surface area (Å²) in [5, 5.41) is 28.6. The molecule has 0 aliphatic carbocycles. The highest BCUT2D eigenvalue weighted by Gasteiger charge is 2.18. The molecule has 4 rings (SSSR count). The third kappa shape index (κ3) is 6.10. The molecule has 0 bridgehead atoms. The van der Waals surface area contributed by atoms with Crippen molar-refractivity contribution in [1.82, 2.24) is 24.2 Å². The maximum atomic E-state index is 13.1. The van der Waals surface area contributed by atoms with Crippen molar-refractivity contribution in [1.29, 1.82) is 5.41 Å². The molecule has 1 fully saturated rings. The van der Waals surface area contributed by atoms with Gasteiger partial charge in [-0.3, -0.25) is 29.1 Å². The zero-order valence-corrected chi connectivity index (χ0v) is 19.8. The van der Waals surface area contributed by atoms with E-state index in [1.807, 2.05) is 13.0 Å². The fraction of sp³-hybridized carbons (Fsp3) is 0.435. The number of aliphatic hydroxyl groups is 1. The summed E-state index contributed by atoms with van der Waals surface area (Å²) in [5.74, 6) is -1.26. The van der Waals surface area contributed by atoms with Gasteiger partial charge >= 0.3 is 0 Å². The van der Waals surface area contributed by atoms with Crippen LogP contribution in [0.25, 0.3) is 16.7 Å². The number of carboxylic acids is 1. The second kappa shape index (κ2) is 11.7. The second-order valence-electron chi connectivity index (χ2n) is 8.05. The van der Waals surface area contributed by atoms with Gasteiger partial charge in [0.1, 0.15) is 16.8 Å². The van der Waals surface area contributed by atoms with Crippen LogP contribution in [0.1, 0.15) is 22.8 Å². The topological polar surface area (TPSA) is 162 Å². The van der Waals surface area contributed by atoms with E-state index in [9.17, 15) is 14.7 Å². The first-order chi connectivity index (χ1) is 16.7. The van der Waals surface area contributed by atoms with Crippen LogP contribution in [0.5, 0.6) is 0 Å². The van der Waals surface area contributed by atoms with E-state index in [1.165, 1.54) is 15.0 Å². The van der Waals surface area contributed by atoms with Gasteiger partial charge in [-0.2, -0.15) is 0 Å². The van der Waals surface area contributed by atoms with E-state index in [1.54, 1.807) is 12.3 Å². The predicted molar refractivity (Wildman–Crippen MR) is 128 cm³/mol.